The highest BCUT2D eigenvalue weighted by atomic mass is 14.8. The van der Waals surface area contributed by atoms with Crippen molar-refractivity contribution in [3.05, 3.63) is 310 Å². The number of hydrogen-bond acceptors (Lipinski definition) is 1. The molecule has 0 amide bonds. The first-order valence-electron chi connectivity index (χ1n) is 32.7. The molecule has 1 heteroatoms. The molecular formula is C90H117N. The van der Waals surface area contributed by atoms with Crippen molar-refractivity contribution in [2.24, 2.45) is 4.99 Å². The zero-order valence-corrected chi connectivity index (χ0v) is 62.1. The average molecular weight is 1210 g/mol. The Balaban J connectivity index is 0.000000514. The lowest BCUT2D eigenvalue weighted by Gasteiger charge is -2.11. The Morgan fingerprint density at radius 2 is 0.549 bits per heavy atom. The SMILES string of the molecule is CC.CC#CC.CC1=Nc2ccc(C)cc2C1.CC=CC.Cc1cc(C)c(C)cc1C.Cc1cc2cc(C)c(C)cc2cc1C.Cc1ccc(C)c2c(C)ccc(C)c12.Cc1ccc(C)cc1.Cc1cccc(C)c1.Cc1ccccc1C.Cc1ccccc1C. The predicted molar refractivity (Wildman–Crippen MR) is 413 cm³/mol. The van der Waals surface area contributed by atoms with Gasteiger partial charge in [0.15, 0.2) is 0 Å². The van der Waals surface area contributed by atoms with Crippen LogP contribution in [-0.2, 0) is 6.42 Å². The monoisotopic (exact) mass is 1210 g/mol. The minimum Gasteiger partial charge on any atom is -0.257 e. The van der Waals surface area contributed by atoms with Gasteiger partial charge in [-0.2, -0.15) is 0 Å². The Bertz CT molecular complexity index is 3550. The summed E-state index contributed by atoms with van der Waals surface area (Å²) in [5.74, 6) is 5.36. The summed E-state index contributed by atoms with van der Waals surface area (Å²) in [6, 6.07) is 62.5. The smallest absolute Gasteiger partial charge is 0.0665 e. The van der Waals surface area contributed by atoms with E-state index in [-0.39, 0.29) is 0 Å². The standard InChI is InChI=1S/2C14H16.C10H11N.C10H14.4C8H10.C4H8.C4H6.C2H6/c1-9-5-13-7-11(3)12(4)8-14(13)6-10(9)2;1-9-5-6-11(3)14-12(4)8-7-10(2)13(9)14;1-7-3-4-10-9(5-7)6-8(2)11-10;1-7-5-9(3)10(4)6-8(7)2;1-7-3-5-8(2)6-4-7;1-7-4-3-5-8(2)6-7;2*1-7-5-3-4-6-8(7)2;2*1-3-4-2;1-2/h2*5-8H,1-4H3;3-5H,6H2,1-2H3;5-6H,1-4H3;4*3-6H,1-2H3;3-4H,1-2H3;1-2H3;1-2H3. The van der Waals surface area contributed by atoms with Gasteiger partial charge in [0.05, 0.1) is 5.69 Å². The van der Waals surface area contributed by atoms with Crippen molar-refractivity contribution < 1.29 is 0 Å². The molecule has 0 spiro atoms. The second kappa shape index (κ2) is 43.4. The number of allylic oxidation sites excluding steroid dienone is 2. The van der Waals surface area contributed by atoms with Crippen LogP contribution < -0.4 is 0 Å². The van der Waals surface area contributed by atoms with Crippen LogP contribution in [-0.4, -0.2) is 5.71 Å². The van der Waals surface area contributed by atoms with E-state index in [1.165, 1.54) is 150 Å². The molecule has 0 fully saturated rings. The van der Waals surface area contributed by atoms with Crippen LogP contribution in [0.25, 0.3) is 21.5 Å². The van der Waals surface area contributed by atoms with Crippen LogP contribution in [0.4, 0.5) is 5.69 Å². The predicted octanol–water partition coefficient (Wildman–Crippen LogP) is 26.6. The number of rotatable bonds is 0. The molecule has 1 aliphatic heterocycles. The van der Waals surface area contributed by atoms with E-state index >= 15 is 0 Å². The molecule has 1 aliphatic rings. The lowest BCUT2D eigenvalue weighted by Crippen LogP contribution is -1.89. The summed E-state index contributed by atoms with van der Waals surface area (Å²) in [7, 11) is 0. The molecule has 482 valence electrons. The molecule has 0 saturated heterocycles. The van der Waals surface area contributed by atoms with Gasteiger partial charge >= 0.3 is 0 Å². The van der Waals surface area contributed by atoms with E-state index in [9.17, 15) is 0 Å². The van der Waals surface area contributed by atoms with Crippen molar-refractivity contribution in [1.82, 2.24) is 0 Å². The lowest BCUT2D eigenvalue weighted by molar-refractivity contribution is 1.24. The highest BCUT2D eigenvalue weighted by Gasteiger charge is 2.10. The summed E-state index contributed by atoms with van der Waals surface area (Å²) in [5.41, 5.74) is 32.5. The van der Waals surface area contributed by atoms with Crippen molar-refractivity contribution in [3.8, 4) is 11.8 Å². The third-order valence-electron chi connectivity index (χ3n) is 16.0. The average Bonchev–Trinajstić information content (AvgIpc) is 1.45. The lowest BCUT2D eigenvalue weighted by atomic mass is 9.94. The number of aryl methyl sites for hydroxylation is 21. The number of hydrogen-bond donors (Lipinski definition) is 0. The fourth-order valence-corrected chi connectivity index (χ4v) is 9.41. The van der Waals surface area contributed by atoms with E-state index in [0.29, 0.717) is 0 Å². The Hall–Kier alpha value is -8.31. The summed E-state index contributed by atoms with van der Waals surface area (Å²) in [6.45, 7) is 58.8. The van der Waals surface area contributed by atoms with E-state index in [4.69, 9.17) is 0 Å². The summed E-state index contributed by atoms with van der Waals surface area (Å²) < 4.78 is 0. The first-order valence-corrected chi connectivity index (χ1v) is 32.7. The minimum absolute atomic E-state index is 1.04. The second-order valence-electron chi connectivity index (χ2n) is 24.2. The van der Waals surface area contributed by atoms with E-state index in [0.717, 1.165) is 12.1 Å². The molecule has 0 aliphatic carbocycles. The van der Waals surface area contributed by atoms with Gasteiger partial charge in [0, 0.05) is 12.1 Å². The van der Waals surface area contributed by atoms with Crippen LogP contribution in [0.3, 0.4) is 0 Å². The zero-order valence-electron chi connectivity index (χ0n) is 62.1. The van der Waals surface area contributed by atoms with E-state index < -0.39 is 0 Å². The van der Waals surface area contributed by atoms with Gasteiger partial charge < -0.3 is 0 Å². The molecule has 0 bridgehead atoms. The second-order valence-corrected chi connectivity index (χ2v) is 24.2. The minimum atomic E-state index is 1.04. The van der Waals surface area contributed by atoms with Crippen LogP contribution in [0.2, 0.25) is 0 Å². The Morgan fingerprint density at radius 1 is 0.275 bits per heavy atom. The molecule has 0 unspecified atom stereocenters. The number of aliphatic imine (C=N–C) groups is 1. The molecule has 91 heavy (non-hydrogen) atoms. The van der Waals surface area contributed by atoms with Gasteiger partial charge in [0.2, 0.25) is 0 Å². The number of fused-ring (bicyclic) bond motifs is 3. The maximum atomic E-state index is 4.41. The third kappa shape index (κ3) is 30.4. The summed E-state index contributed by atoms with van der Waals surface area (Å²) in [4.78, 5) is 4.41. The van der Waals surface area contributed by atoms with Crippen molar-refractivity contribution >= 4 is 32.9 Å². The largest absolute Gasteiger partial charge is 0.257 e. The van der Waals surface area contributed by atoms with E-state index in [2.05, 4.69) is 345 Å². The van der Waals surface area contributed by atoms with Gasteiger partial charge in [-0.3, -0.25) is 4.99 Å². The van der Waals surface area contributed by atoms with Crippen LogP contribution >= 0.6 is 0 Å². The van der Waals surface area contributed by atoms with E-state index in [1.54, 1.807) is 0 Å². The summed E-state index contributed by atoms with van der Waals surface area (Å²) >= 11 is 0. The molecule has 11 rings (SSSR count). The first-order chi connectivity index (χ1) is 43.1. The van der Waals surface area contributed by atoms with Crippen LogP contribution in [0.1, 0.15) is 171 Å². The number of benzene rings is 10. The van der Waals surface area contributed by atoms with Gasteiger partial charge in [-0.1, -0.05) is 224 Å². The Kier molecular flexibility index (Phi) is 38.5. The van der Waals surface area contributed by atoms with Crippen molar-refractivity contribution in [1.29, 1.82) is 0 Å². The fraction of sp³-hybridized carbons (Fsp3) is 0.322. The zero-order chi connectivity index (χ0) is 68.9. The van der Waals surface area contributed by atoms with Gasteiger partial charge in [-0.15, -0.1) is 11.8 Å². The summed E-state index contributed by atoms with van der Waals surface area (Å²) in [6.07, 6.45) is 5.04. The molecule has 1 heterocycles. The molecule has 0 aromatic heterocycles. The van der Waals surface area contributed by atoms with Gasteiger partial charge in [-0.05, 0) is 302 Å². The molecule has 0 radical (unpaired) electrons. The Labute approximate surface area is 557 Å². The van der Waals surface area contributed by atoms with Gasteiger partial charge in [-0.25, -0.2) is 0 Å². The highest BCUT2D eigenvalue weighted by molar-refractivity contribution is 5.94. The molecule has 0 saturated carbocycles. The first kappa shape index (κ1) is 80.7. The quantitative estimate of drug-likeness (QED) is 0.106. The molecule has 0 atom stereocenters. The van der Waals surface area contributed by atoms with Crippen molar-refractivity contribution in [2.75, 3.05) is 0 Å². The molecule has 1 nitrogen and oxygen atoms in total. The fourth-order valence-electron chi connectivity index (χ4n) is 9.41. The summed E-state index contributed by atoms with van der Waals surface area (Å²) in [5, 5.41) is 5.59. The molecular weight excluding hydrogens is 1090 g/mol. The third-order valence-corrected chi connectivity index (χ3v) is 16.0. The Morgan fingerprint density at radius 3 is 0.802 bits per heavy atom. The molecule has 10 aromatic rings. The topological polar surface area (TPSA) is 12.4 Å². The normalized spacial score (nSPS) is 10.1. The molecule has 10 aromatic carbocycles. The number of nitrogens with zero attached hydrogens (tertiary/aromatic N) is 1. The van der Waals surface area contributed by atoms with Crippen LogP contribution in [0.15, 0.2) is 193 Å². The molecule has 0 N–H and O–H groups in total. The van der Waals surface area contributed by atoms with Crippen molar-refractivity contribution in [3.63, 3.8) is 0 Å². The van der Waals surface area contributed by atoms with Crippen LogP contribution in [0, 0.1) is 157 Å². The van der Waals surface area contributed by atoms with E-state index in [1.807, 2.05) is 53.7 Å². The maximum absolute atomic E-state index is 4.41. The highest BCUT2D eigenvalue weighted by Crippen LogP contribution is 2.29. The maximum Gasteiger partial charge on any atom is 0.0665 e. The van der Waals surface area contributed by atoms with Crippen molar-refractivity contribution in [2.45, 2.75) is 200 Å². The van der Waals surface area contributed by atoms with Crippen LogP contribution in [0.5, 0.6) is 0 Å². The van der Waals surface area contributed by atoms with Gasteiger partial charge in [0.1, 0.15) is 0 Å². The van der Waals surface area contributed by atoms with Gasteiger partial charge in [0.25, 0.3) is 0 Å².